The zero-order valence-electron chi connectivity index (χ0n) is 19.1. The molecule has 0 radical (unpaired) electrons. The normalized spacial score (nSPS) is 15.3. The largest absolute Gasteiger partial charge is 0.352 e. The molecule has 0 heterocycles. The summed E-state index contributed by atoms with van der Waals surface area (Å²) in [6, 6.07) is 11.0. The Kier molecular flexibility index (Phi) is 8.61. The molecule has 1 aliphatic rings. The van der Waals surface area contributed by atoms with E-state index in [9.17, 15) is 9.59 Å². The molecule has 1 fully saturated rings. The molecular weight excluding hydrogens is 443 g/mol. The van der Waals surface area contributed by atoms with Gasteiger partial charge in [0, 0.05) is 12.6 Å². The highest BCUT2D eigenvalue weighted by Crippen LogP contribution is 2.24. The first kappa shape index (κ1) is 24.6. The standard InChI is InChI=1S/C26H32Cl2N2O2/c1-17-9-10-18(2)21(13-17)15-25(31)30(16-20-11-12-23(27)24(28)14-20)19(3)26(32)29-22-7-5-4-6-8-22/h9-14,19,22H,4-8,15-16H2,1-3H3,(H,29,32)/t19-/m1/s1. The maximum absolute atomic E-state index is 13.5. The van der Waals surface area contributed by atoms with Crippen molar-refractivity contribution in [3.05, 3.63) is 68.7 Å². The lowest BCUT2D eigenvalue weighted by atomic mass is 9.95. The first-order valence-electron chi connectivity index (χ1n) is 11.3. The summed E-state index contributed by atoms with van der Waals surface area (Å²) in [5.41, 5.74) is 4.00. The highest BCUT2D eigenvalue weighted by atomic mass is 35.5. The Morgan fingerprint density at radius 1 is 1.03 bits per heavy atom. The molecule has 2 amide bonds. The van der Waals surface area contributed by atoms with Crippen LogP contribution in [0.15, 0.2) is 36.4 Å². The van der Waals surface area contributed by atoms with Crippen LogP contribution in [0.1, 0.15) is 61.3 Å². The second kappa shape index (κ2) is 11.2. The van der Waals surface area contributed by atoms with Crippen LogP contribution in [0.3, 0.4) is 0 Å². The third-order valence-electron chi connectivity index (χ3n) is 6.30. The summed E-state index contributed by atoms with van der Waals surface area (Å²) in [6.45, 7) is 6.11. The van der Waals surface area contributed by atoms with Gasteiger partial charge in [-0.2, -0.15) is 0 Å². The molecule has 2 aromatic rings. The number of rotatable bonds is 7. The number of amides is 2. The molecule has 0 aromatic heterocycles. The minimum absolute atomic E-state index is 0.0870. The minimum Gasteiger partial charge on any atom is -0.352 e. The van der Waals surface area contributed by atoms with Gasteiger partial charge in [-0.25, -0.2) is 0 Å². The zero-order valence-corrected chi connectivity index (χ0v) is 20.6. The number of carbonyl (C=O) groups excluding carboxylic acids is 2. The van der Waals surface area contributed by atoms with Crippen molar-refractivity contribution in [2.24, 2.45) is 0 Å². The van der Waals surface area contributed by atoms with Crippen LogP contribution >= 0.6 is 23.2 Å². The molecule has 32 heavy (non-hydrogen) atoms. The van der Waals surface area contributed by atoms with Crippen LogP contribution in [0, 0.1) is 13.8 Å². The molecule has 3 rings (SSSR count). The molecule has 1 N–H and O–H groups in total. The molecule has 2 aromatic carbocycles. The van der Waals surface area contributed by atoms with E-state index in [-0.39, 0.29) is 24.3 Å². The Morgan fingerprint density at radius 2 is 1.75 bits per heavy atom. The van der Waals surface area contributed by atoms with E-state index in [2.05, 4.69) is 5.32 Å². The molecular formula is C26H32Cl2N2O2. The summed E-state index contributed by atoms with van der Waals surface area (Å²) in [5, 5.41) is 4.06. The van der Waals surface area contributed by atoms with Gasteiger partial charge >= 0.3 is 0 Å². The summed E-state index contributed by atoms with van der Waals surface area (Å²) in [4.78, 5) is 28.2. The molecule has 1 aliphatic carbocycles. The number of benzene rings is 2. The van der Waals surface area contributed by atoms with Crippen molar-refractivity contribution in [1.82, 2.24) is 10.2 Å². The summed E-state index contributed by atoms with van der Waals surface area (Å²) < 4.78 is 0. The number of hydrogen-bond donors (Lipinski definition) is 1. The molecule has 0 unspecified atom stereocenters. The van der Waals surface area contributed by atoms with E-state index in [1.54, 1.807) is 24.0 Å². The van der Waals surface area contributed by atoms with Crippen LogP contribution in [0.4, 0.5) is 0 Å². The van der Waals surface area contributed by atoms with Gasteiger partial charge in [0.15, 0.2) is 0 Å². The first-order valence-corrected chi connectivity index (χ1v) is 12.1. The lowest BCUT2D eigenvalue weighted by Crippen LogP contribution is -2.50. The second-order valence-corrected chi connectivity index (χ2v) is 9.71. The van der Waals surface area contributed by atoms with Gasteiger partial charge < -0.3 is 10.2 Å². The Balaban J connectivity index is 1.81. The number of carbonyl (C=O) groups is 2. The van der Waals surface area contributed by atoms with E-state index in [4.69, 9.17) is 23.2 Å². The van der Waals surface area contributed by atoms with E-state index >= 15 is 0 Å². The number of halogens is 2. The van der Waals surface area contributed by atoms with Crippen molar-refractivity contribution in [1.29, 1.82) is 0 Å². The number of nitrogens with one attached hydrogen (secondary N) is 1. The molecule has 0 spiro atoms. The maximum atomic E-state index is 13.5. The van der Waals surface area contributed by atoms with E-state index < -0.39 is 6.04 Å². The second-order valence-electron chi connectivity index (χ2n) is 8.90. The van der Waals surface area contributed by atoms with Crippen LogP contribution in [0.25, 0.3) is 0 Å². The number of nitrogens with zero attached hydrogens (tertiary/aromatic N) is 1. The Hall–Kier alpha value is -2.04. The Labute approximate surface area is 201 Å². The number of aryl methyl sites for hydroxylation is 2. The van der Waals surface area contributed by atoms with Crippen molar-refractivity contribution >= 4 is 35.0 Å². The van der Waals surface area contributed by atoms with Crippen molar-refractivity contribution in [2.75, 3.05) is 0 Å². The van der Waals surface area contributed by atoms with Gasteiger partial charge in [-0.3, -0.25) is 9.59 Å². The van der Waals surface area contributed by atoms with Crippen LogP contribution in [-0.2, 0) is 22.6 Å². The molecule has 172 valence electrons. The maximum Gasteiger partial charge on any atom is 0.242 e. The predicted molar refractivity (Wildman–Crippen MR) is 131 cm³/mol. The average molecular weight is 475 g/mol. The van der Waals surface area contributed by atoms with Crippen molar-refractivity contribution in [3.63, 3.8) is 0 Å². The Bertz CT molecular complexity index is 970. The van der Waals surface area contributed by atoms with Crippen LogP contribution in [0.5, 0.6) is 0 Å². The fourth-order valence-electron chi connectivity index (χ4n) is 4.24. The topological polar surface area (TPSA) is 49.4 Å². The van der Waals surface area contributed by atoms with Crippen LogP contribution < -0.4 is 5.32 Å². The fraction of sp³-hybridized carbons (Fsp3) is 0.462. The molecule has 0 bridgehead atoms. The lowest BCUT2D eigenvalue weighted by molar-refractivity contribution is -0.140. The highest BCUT2D eigenvalue weighted by Gasteiger charge is 2.28. The van der Waals surface area contributed by atoms with E-state index in [1.165, 1.54) is 6.42 Å². The van der Waals surface area contributed by atoms with Gasteiger partial charge in [0.2, 0.25) is 11.8 Å². The molecule has 0 aliphatic heterocycles. The average Bonchev–Trinajstić information content (AvgIpc) is 2.77. The summed E-state index contributed by atoms with van der Waals surface area (Å²) >= 11 is 12.3. The summed E-state index contributed by atoms with van der Waals surface area (Å²) in [6.07, 6.45) is 5.74. The monoisotopic (exact) mass is 474 g/mol. The van der Waals surface area contributed by atoms with E-state index in [0.29, 0.717) is 16.6 Å². The van der Waals surface area contributed by atoms with E-state index in [0.717, 1.165) is 47.9 Å². The third-order valence-corrected chi connectivity index (χ3v) is 7.04. The first-order chi connectivity index (χ1) is 15.2. The number of hydrogen-bond acceptors (Lipinski definition) is 2. The van der Waals surface area contributed by atoms with Crippen LogP contribution in [0.2, 0.25) is 10.0 Å². The van der Waals surface area contributed by atoms with Crippen molar-refractivity contribution in [2.45, 2.75) is 77.9 Å². The minimum atomic E-state index is -0.594. The smallest absolute Gasteiger partial charge is 0.242 e. The highest BCUT2D eigenvalue weighted by molar-refractivity contribution is 6.42. The molecule has 0 saturated heterocycles. The zero-order chi connectivity index (χ0) is 23.3. The van der Waals surface area contributed by atoms with E-state index in [1.807, 2.05) is 38.1 Å². The van der Waals surface area contributed by atoms with Gasteiger partial charge in [0.05, 0.1) is 16.5 Å². The fourth-order valence-corrected chi connectivity index (χ4v) is 4.56. The quantitative estimate of drug-likeness (QED) is 0.533. The van der Waals surface area contributed by atoms with Gasteiger partial charge in [-0.1, -0.05) is 72.3 Å². The Morgan fingerprint density at radius 3 is 2.44 bits per heavy atom. The van der Waals surface area contributed by atoms with Gasteiger partial charge in [0.25, 0.3) is 0 Å². The molecule has 6 heteroatoms. The van der Waals surface area contributed by atoms with Crippen LogP contribution in [-0.4, -0.2) is 28.8 Å². The summed E-state index contributed by atoms with van der Waals surface area (Å²) in [5.74, 6) is -0.192. The van der Waals surface area contributed by atoms with Crippen molar-refractivity contribution < 1.29 is 9.59 Å². The van der Waals surface area contributed by atoms with Crippen molar-refractivity contribution in [3.8, 4) is 0 Å². The van der Waals surface area contributed by atoms with Gasteiger partial charge in [-0.15, -0.1) is 0 Å². The molecule has 1 saturated carbocycles. The lowest BCUT2D eigenvalue weighted by Gasteiger charge is -2.31. The van der Waals surface area contributed by atoms with Gasteiger partial charge in [-0.05, 0) is 62.4 Å². The van der Waals surface area contributed by atoms with Gasteiger partial charge in [0.1, 0.15) is 6.04 Å². The molecule has 1 atom stereocenters. The SMILES string of the molecule is Cc1ccc(C)c(CC(=O)N(Cc2ccc(Cl)c(Cl)c2)[C@H](C)C(=O)NC2CCCCC2)c1. The molecule has 4 nitrogen and oxygen atoms in total. The predicted octanol–water partition coefficient (Wildman–Crippen LogP) is 6.02. The summed E-state index contributed by atoms with van der Waals surface area (Å²) in [7, 11) is 0. The third kappa shape index (κ3) is 6.49.